The lowest BCUT2D eigenvalue weighted by atomic mass is 9.96. The van der Waals surface area contributed by atoms with Gasteiger partial charge < -0.3 is 15.2 Å². The highest BCUT2D eigenvalue weighted by molar-refractivity contribution is 5.80. The van der Waals surface area contributed by atoms with Crippen molar-refractivity contribution in [3.05, 3.63) is 52.9 Å². The number of aromatic nitrogens is 1. The van der Waals surface area contributed by atoms with Gasteiger partial charge in [-0.25, -0.2) is 4.99 Å². The van der Waals surface area contributed by atoms with Crippen LogP contribution in [0, 0.1) is 0 Å². The van der Waals surface area contributed by atoms with Crippen molar-refractivity contribution < 1.29 is 4.52 Å². The molecule has 1 aromatic carbocycles. The van der Waals surface area contributed by atoms with Crippen molar-refractivity contribution in [2.24, 2.45) is 4.99 Å². The van der Waals surface area contributed by atoms with E-state index in [1.165, 1.54) is 18.4 Å². The van der Waals surface area contributed by atoms with E-state index >= 15 is 0 Å². The number of nitrogens with zero attached hydrogens (tertiary/aromatic N) is 2. The molecule has 0 aliphatic heterocycles. The molecule has 1 saturated carbocycles. The van der Waals surface area contributed by atoms with Crippen LogP contribution in [0.15, 0.2) is 39.8 Å². The Labute approximate surface area is 156 Å². The first-order valence-electron chi connectivity index (χ1n) is 9.76. The molecule has 5 heteroatoms. The van der Waals surface area contributed by atoms with Gasteiger partial charge in [-0.05, 0) is 31.7 Å². The molecule has 0 radical (unpaired) electrons. The summed E-state index contributed by atoms with van der Waals surface area (Å²) < 4.78 is 5.45. The summed E-state index contributed by atoms with van der Waals surface area (Å²) in [4.78, 5) is 4.79. The molecule has 0 bridgehead atoms. The molecule has 1 fully saturated rings. The Hall–Kier alpha value is -2.30. The second kappa shape index (κ2) is 8.39. The first kappa shape index (κ1) is 18.5. The fourth-order valence-electron chi connectivity index (χ4n) is 3.38. The van der Waals surface area contributed by atoms with Gasteiger partial charge in [-0.3, -0.25) is 0 Å². The van der Waals surface area contributed by atoms with E-state index in [0.717, 1.165) is 48.9 Å². The Kier molecular flexibility index (Phi) is 5.96. The Balaban J connectivity index is 1.68. The van der Waals surface area contributed by atoms with Gasteiger partial charge in [0.25, 0.3) is 0 Å². The second-order valence-electron chi connectivity index (χ2n) is 6.93. The highest BCUT2D eigenvalue weighted by Crippen LogP contribution is 2.47. The molecule has 3 rings (SSSR count). The minimum atomic E-state index is 0.262. The van der Waals surface area contributed by atoms with Crippen LogP contribution in [0.25, 0.3) is 0 Å². The maximum absolute atomic E-state index is 5.45. The highest BCUT2D eigenvalue weighted by atomic mass is 16.5. The summed E-state index contributed by atoms with van der Waals surface area (Å²) in [5.41, 5.74) is 3.84. The van der Waals surface area contributed by atoms with Gasteiger partial charge in [0, 0.05) is 30.5 Å². The molecule has 2 N–H and O–H groups in total. The fourth-order valence-corrected chi connectivity index (χ4v) is 3.38. The summed E-state index contributed by atoms with van der Waals surface area (Å²) >= 11 is 0. The van der Waals surface area contributed by atoms with Crippen LogP contribution >= 0.6 is 0 Å². The van der Waals surface area contributed by atoms with E-state index in [9.17, 15) is 0 Å². The van der Waals surface area contributed by atoms with Crippen molar-refractivity contribution in [1.82, 2.24) is 15.8 Å². The van der Waals surface area contributed by atoms with Crippen molar-refractivity contribution >= 4 is 5.96 Å². The normalized spacial score (nSPS) is 15.7. The van der Waals surface area contributed by atoms with Gasteiger partial charge >= 0.3 is 0 Å². The number of aliphatic imine (C=N–C) groups is 1. The topological polar surface area (TPSA) is 62.5 Å². The summed E-state index contributed by atoms with van der Waals surface area (Å²) in [5.74, 6) is 1.81. The van der Waals surface area contributed by atoms with Gasteiger partial charge in [0.05, 0.1) is 12.2 Å². The summed E-state index contributed by atoms with van der Waals surface area (Å²) in [6.45, 7) is 8.64. The largest absolute Gasteiger partial charge is 0.361 e. The minimum absolute atomic E-state index is 0.262. The molecule has 1 aliphatic rings. The number of aryl methyl sites for hydroxylation is 2. The Morgan fingerprint density at radius 3 is 2.50 bits per heavy atom. The smallest absolute Gasteiger partial charge is 0.191 e. The van der Waals surface area contributed by atoms with Crippen LogP contribution in [0.4, 0.5) is 0 Å². The lowest BCUT2D eigenvalue weighted by molar-refractivity contribution is 0.380. The first-order chi connectivity index (χ1) is 12.7. The number of rotatable bonds is 8. The number of hydrogen-bond donors (Lipinski definition) is 2. The number of benzene rings is 1. The molecule has 0 saturated heterocycles. The Bertz CT molecular complexity index is 710. The molecule has 26 heavy (non-hydrogen) atoms. The van der Waals surface area contributed by atoms with Crippen molar-refractivity contribution in [1.29, 1.82) is 0 Å². The van der Waals surface area contributed by atoms with E-state index in [-0.39, 0.29) is 5.41 Å². The van der Waals surface area contributed by atoms with Gasteiger partial charge in [-0.15, -0.1) is 0 Å². The molecule has 140 valence electrons. The van der Waals surface area contributed by atoms with Gasteiger partial charge in [-0.1, -0.05) is 49.3 Å². The van der Waals surface area contributed by atoms with E-state index in [4.69, 9.17) is 9.52 Å². The Morgan fingerprint density at radius 2 is 1.88 bits per heavy atom. The van der Waals surface area contributed by atoms with Crippen LogP contribution in [0.3, 0.4) is 0 Å². The maximum Gasteiger partial charge on any atom is 0.191 e. The summed E-state index contributed by atoms with van der Waals surface area (Å²) in [7, 11) is 0. The fraction of sp³-hybridized carbons (Fsp3) is 0.524. The molecule has 0 amide bonds. The summed E-state index contributed by atoms with van der Waals surface area (Å²) in [5, 5.41) is 11.1. The second-order valence-corrected chi connectivity index (χ2v) is 6.93. The molecule has 1 heterocycles. The van der Waals surface area contributed by atoms with Gasteiger partial charge in [0.1, 0.15) is 5.76 Å². The van der Waals surface area contributed by atoms with Crippen LogP contribution in [0.1, 0.15) is 56.2 Å². The average molecular weight is 354 g/mol. The number of guanidine groups is 1. The van der Waals surface area contributed by atoms with Gasteiger partial charge in [0.2, 0.25) is 0 Å². The molecule has 1 aromatic heterocycles. The molecule has 0 spiro atoms. The molecule has 1 aliphatic carbocycles. The zero-order valence-electron chi connectivity index (χ0n) is 16.1. The van der Waals surface area contributed by atoms with Crippen LogP contribution in [-0.2, 0) is 24.8 Å². The van der Waals surface area contributed by atoms with Crippen LogP contribution < -0.4 is 10.6 Å². The molecule has 2 aromatic rings. The van der Waals surface area contributed by atoms with Crippen molar-refractivity contribution in [2.45, 2.75) is 58.4 Å². The predicted octanol–water partition coefficient (Wildman–Crippen LogP) is 3.59. The zero-order chi connectivity index (χ0) is 18.4. The highest BCUT2D eigenvalue weighted by Gasteiger charge is 2.44. The van der Waals surface area contributed by atoms with E-state index in [2.05, 4.69) is 66.9 Å². The molecule has 0 unspecified atom stereocenters. The Morgan fingerprint density at radius 1 is 1.12 bits per heavy atom. The van der Waals surface area contributed by atoms with Gasteiger partial charge in [0.15, 0.2) is 5.96 Å². The lowest BCUT2D eigenvalue weighted by Gasteiger charge is -2.19. The van der Waals surface area contributed by atoms with Crippen LogP contribution in [-0.4, -0.2) is 24.2 Å². The SMILES string of the molecule is CCNC(=NCc1c(CC)noc1CC)NCC1(c2ccccc2)CC1. The van der Waals surface area contributed by atoms with Gasteiger partial charge in [-0.2, -0.15) is 0 Å². The van der Waals surface area contributed by atoms with Crippen molar-refractivity contribution in [2.75, 3.05) is 13.1 Å². The molecular weight excluding hydrogens is 324 g/mol. The van der Waals surface area contributed by atoms with E-state index in [0.29, 0.717) is 6.54 Å². The van der Waals surface area contributed by atoms with E-state index in [1.807, 2.05) is 0 Å². The average Bonchev–Trinajstić information content (AvgIpc) is 3.37. The third-order valence-corrected chi connectivity index (χ3v) is 5.18. The first-order valence-corrected chi connectivity index (χ1v) is 9.76. The molecule has 5 nitrogen and oxygen atoms in total. The lowest BCUT2D eigenvalue weighted by Crippen LogP contribution is -2.41. The standard InChI is InChI=1S/C21H30N4O/c1-4-18-17(19(5-2)26-25-18)14-23-20(22-6-3)24-15-21(12-13-21)16-10-8-7-9-11-16/h7-11H,4-6,12-15H2,1-3H3,(H2,22,23,24). The van der Waals surface area contributed by atoms with Crippen LogP contribution in [0.5, 0.6) is 0 Å². The van der Waals surface area contributed by atoms with Crippen molar-refractivity contribution in [3.8, 4) is 0 Å². The van der Waals surface area contributed by atoms with Crippen molar-refractivity contribution in [3.63, 3.8) is 0 Å². The number of nitrogens with one attached hydrogen (secondary N) is 2. The third kappa shape index (κ3) is 4.09. The summed E-state index contributed by atoms with van der Waals surface area (Å²) in [6, 6.07) is 10.8. The van der Waals surface area contributed by atoms with Crippen LogP contribution in [0.2, 0.25) is 0 Å². The molecule has 0 atom stereocenters. The monoisotopic (exact) mass is 354 g/mol. The van der Waals surface area contributed by atoms with E-state index < -0.39 is 0 Å². The third-order valence-electron chi connectivity index (χ3n) is 5.18. The van der Waals surface area contributed by atoms with E-state index in [1.54, 1.807) is 0 Å². The number of hydrogen-bond acceptors (Lipinski definition) is 3. The molecular formula is C21H30N4O. The quantitative estimate of drug-likeness (QED) is 0.562. The zero-order valence-corrected chi connectivity index (χ0v) is 16.1. The summed E-state index contributed by atoms with van der Waals surface area (Å²) in [6.07, 6.45) is 4.18. The minimum Gasteiger partial charge on any atom is -0.361 e. The maximum atomic E-state index is 5.45. The predicted molar refractivity (Wildman–Crippen MR) is 105 cm³/mol.